The van der Waals surface area contributed by atoms with Crippen LogP contribution in [0.15, 0.2) is 10.7 Å². The van der Waals surface area contributed by atoms with E-state index in [0.29, 0.717) is 0 Å². The van der Waals surface area contributed by atoms with E-state index < -0.39 is 0 Å². The maximum Gasteiger partial charge on any atom is 0.130 e. The summed E-state index contributed by atoms with van der Waals surface area (Å²) >= 11 is 3.39. The smallest absolute Gasteiger partial charge is 0.130 e. The van der Waals surface area contributed by atoms with Gasteiger partial charge in [0, 0.05) is 19.2 Å². The molecule has 1 saturated heterocycles. The summed E-state index contributed by atoms with van der Waals surface area (Å²) in [5, 5.41) is 3.41. The van der Waals surface area contributed by atoms with Crippen molar-refractivity contribution in [3.8, 4) is 0 Å². The van der Waals surface area contributed by atoms with Gasteiger partial charge in [-0.25, -0.2) is 9.97 Å². The Labute approximate surface area is 111 Å². The van der Waals surface area contributed by atoms with E-state index in [2.05, 4.69) is 43.0 Å². The zero-order valence-corrected chi connectivity index (χ0v) is 12.0. The number of hydrogen-bond donors (Lipinski definition) is 1. The lowest BCUT2D eigenvalue weighted by molar-refractivity contribution is 0.345. The van der Waals surface area contributed by atoms with E-state index >= 15 is 0 Å². The van der Waals surface area contributed by atoms with Gasteiger partial charge in [0.05, 0.1) is 0 Å². The van der Waals surface area contributed by atoms with Gasteiger partial charge in [-0.05, 0) is 48.3 Å². The second-order valence-electron chi connectivity index (χ2n) is 4.55. The van der Waals surface area contributed by atoms with E-state index in [1.54, 1.807) is 0 Å². The van der Waals surface area contributed by atoms with Crippen LogP contribution in [0.5, 0.6) is 0 Å². The fraction of sp³-hybridized carbons (Fsp3) is 0.667. The minimum atomic E-state index is 0.740. The molecule has 4 nitrogen and oxygen atoms in total. The Bertz CT molecular complexity index is 363. The predicted molar refractivity (Wildman–Crippen MR) is 73.2 cm³/mol. The first-order valence-electron chi connectivity index (χ1n) is 6.14. The van der Waals surface area contributed by atoms with Crippen LogP contribution in [0.2, 0.25) is 0 Å². The summed E-state index contributed by atoms with van der Waals surface area (Å²) in [6.07, 6.45) is 1.28. The molecule has 2 rings (SSSR count). The zero-order valence-electron chi connectivity index (χ0n) is 10.4. The van der Waals surface area contributed by atoms with Gasteiger partial charge in [-0.15, -0.1) is 0 Å². The van der Waals surface area contributed by atoms with Crippen LogP contribution >= 0.6 is 15.9 Å². The van der Waals surface area contributed by atoms with Crippen LogP contribution in [0, 0.1) is 12.8 Å². The molecule has 0 saturated carbocycles. The molecule has 1 fully saturated rings. The highest BCUT2D eigenvalue weighted by Gasteiger charge is 2.20. The van der Waals surface area contributed by atoms with E-state index in [-0.39, 0.29) is 0 Å². The average molecular weight is 299 g/mol. The normalized spacial score (nSPS) is 20.8. The Morgan fingerprint density at radius 3 is 3.00 bits per heavy atom. The average Bonchev–Trinajstić information content (AvgIpc) is 2.73. The van der Waals surface area contributed by atoms with Gasteiger partial charge in [-0.2, -0.15) is 0 Å². The largest absolute Gasteiger partial charge is 0.370 e. The maximum atomic E-state index is 4.37. The van der Waals surface area contributed by atoms with Crippen molar-refractivity contribution in [2.75, 3.05) is 31.5 Å². The van der Waals surface area contributed by atoms with Crippen molar-refractivity contribution in [2.45, 2.75) is 20.3 Å². The summed E-state index contributed by atoms with van der Waals surface area (Å²) in [5.41, 5.74) is 0. The van der Waals surface area contributed by atoms with Crippen molar-refractivity contribution < 1.29 is 0 Å². The van der Waals surface area contributed by atoms with E-state index in [1.807, 2.05) is 13.0 Å². The lowest BCUT2D eigenvalue weighted by Gasteiger charge is -2.14. The van der Waals surface area contributed by atoms with Crippen LogP contribution < -0.4 is 5.32 Å². The van der Waals surface area contributed by atoms with Gasteiger partial charge in [0.15, 0.2) is 0 Å². The summed E-state index contributed by atoms with van der Waals surface area (Å²) in [6, 6.07) is 1.93. The molecule has 0 amide bonds. The standard InChI is InChI=1S/C12H19BrN4/c1-3-17-5-4-10(8-17)7-14-12-6-11(13)15-9(2)16-12/h6,10H,3-5,7-8H2,1-2H3,(H,14,15,16). The fourth-order valence-electron chi connectivity index (χ4n) is 2.24. The van der Waals surface area contributed by atoms with Gasteiger partial charge in [0.25, 0.3) is 0 Å². The molecule has 2 heterocycles. The van der Waals surface area contributed by atoms with Crippen molar-refractivity contribution in [3.05, 3.63) is 16.5 Å². The highest BCUT2D eigenvalue weighted by molar-refractivity contribution is 9.10. The predicted octanol–water partition coefficient (Wildman–Crippen LogP) is 2.30. The zero-order chi connectivity index (χ0) is 12.3. The summed E-state index contributed by atoms with van der Waals surface area (Å²) in [4.78, 5) is 11.1. The SMILES string of the molecule is CCN1CCC(CNc2cc(Br)nc(C)n2)C1. The molecule has 1 atom stereocenters. The molecular weight excluding hydrogens is 280 g/mol. The molecule has 0 radical (unpaired) electrons. The Balaban J connectivity index is 1.85. The Kier molecular flexibility index (Phi) is 4.34. The molecule has 1 N–H and O–H groups in total. The first kappa shape index (κ1) is 12.8. The molecule has 0 aromatic carbocycles. The van der Waals surface area contributed by atoms with Crippen LogP contribution in [0.4, 0.5) is 5.82 Å². The van der Waals surface area contributed by atoms with E-state index in [1.165, 1.54) is 19.5 Å². The van der Waals surface area contributed by atoms with Crippen LogP contribution in [-0.4, -0.2) is 41.0 Å². The van der Waals surface area contributed by atoms with Crippen molar-refractivity contribution >= 4 is 21.7 Å². The fourth-order valence-corrected chi connectivity index (χ4v) is 2.71. The van der Waals surface area contributed by atoms with E-state index in [9.17, 15) is 0 Å². The monoisotopic (exact) mass is 298 g/mol. The minimum Gasteiger partial charge on any atom is -0.370 e. The third-order valence-electron chi connectivity index (χ3n) is 3.20. The molecule has 0 aliphatic carbocycles. The van der Waals surface area contributed by atoms with Gasteiger partial charge >= 0.3 is 0 Å². The topological polar surface area (TPSA) is 41.0 Å². The van der Waals surface area contributed by atoms with E-state index in [0.717, 1.165) is 35.3 Å². The summed E-state index contributed by atoms with van der Waals surface area (Å²) in [6.45, 7) is 8.73. The molecule has 0 bridgehead atoms. The number of hydrogen-bond acceptors (Lipinski definition) is 4. The number of anilines is 1. The van der Waals surface area contributed by atoms with Crippen molar-refractivity contribution in [3.63, 3.8) is 0 Å². The van der Waals surface area contributed by atoms with Crippen LogP contribution in [-0.2, 0) is 0 Å². The Hall–Kier alpha value is -0.680. The minimum absolute atomic E-state index is 0.740. The second kappa shape index (κ2) is 5.78. The molecule has 0 spiro atoms. The number of halogens is 1. The molecule has 1 aliphatic rings. The first-order valence-corrected chi connectivity index (χ1v) is 6.94. The molecule has 94 valence electrons. The van der Waals surface area contributed by atoms with Gasteiger partial charge in [0.1, 0.15) is 16.2 Å². The number of aryl methyl sites for hydroxylation is 1. The van der Waals surface area contributed by atoms with Crippen molar-refractivity contribution in [1.29, 1.82) is 0 Å². The molecule has 5 heteroatoms. The number of aromatic nitrogens is 2. The highest BCUT2D eigenvalue weighted by atomic mass is 79.9. The molecule has 1 unspecified atom stereocenters. The van der Waals surface area contributed by atoms with Crippen molar-refractivity contribution in [2.24, 2.45) is 5.92 Å². The summed E-state index contributed by atoms with van der Waals surface area (Å²) < 4.78 is 0.842. The van der Waals surface area contributed by atoms with Gasteiger partial charge in [-0.1, -0.05) is 6.92 Å². The van der Waals surface area contributed by atoms with E-state index in [4.69, 9.17) is 0 Å². The van der Waals surface area contributed by atoms with Gasteiger partial charge in [0.2, 0.25) is 0 Å². The maximum absolute atomic E-state index is 4.37. The lowest BCUT2D eigenvalue weighted by atomic mass is 10.1. The number of nitrogens with one attached hydrogen (secondary N) is 1. The third kappa shape index (κ3) is 3.64. The van der Waals surface area contributed by atoms with Gasteiger partial charge < -0.3 is 10.2 Å². The first-order chi connectivity index (χ1) is 8.17. The quantitative estimate of drug-likeness (QED) is 0.866. The summed E-state index contributed by atoms with van der Waals surface area (Å²) in [5.74, 6) is 2.45. The molecule has 17 heavy (non-hydrogen) atoms. The highest BCUT2D eigenvalue weighted by Crippen LogP contribution is 2.17. The lowest BCUT2D eigenvalue weighted by Crippen LogP contribution is -2.22. The summed E-state index contributed by atoms with van der Waals surface area (Å²) in [7, 11) is 0. The molecule has 1 aromatic heterocycles. The molecular formula is C12H19BrN4. The van der Waals surface area contributed by atoms with Crippen LogP contribution in [0.25, 0.3) is 0 Å². The van der Waals surface area contributed by atoms with Gasteiger partial charge in [-0.3, -0.25) is 0 Å². The van der Waals surface area contributed by atoms with Crippen LogP contribution in [0.1, 0.15) is 19.2 Å². The molecule has 1 aromatic rings. The Morgan fingerprint density at radius 1 is 1.53 bits per heavy atom. The molecule has 1 aliphatic heterocycles. The number of rotatable bonds is 4. The van der Waals surface area contributed by atoms with Crippen LogP contribution in [0.3, 0.4) is 0 Å². The number of likely N-dealkylation sites (tertiary alicyclic amines) is 1. The third-order valence-corrected chi connectivity index (χ3v) is 3.60. The Morgan fingerprint density at radius 2 is 2.35 bits per heavy atom. The second-order valence-corrected chi connectivity index (χ2v) is 5.36. The number of nitrogens with zero attached hydrogens (tertiary/aromatic N) is 3. The van der Waals surface area contributed by atoms with Crippen molar-refractivity contribution in [1.82, 2.24) is 14.9 Å².